The maximum Gasteiger partial charge on any atom is 0.275 e. The molecule has 27 heteroatoms. The zero-order valence-electron chi connectivity index (χ0n) is 43.2. The van der Waals surface area contributed by atoms with Gasteiger partial charge in [-0.05, 0) is 92.9 Å². The summed E-state index contributed by atoms with van der Waals surface area (Å²) in [6.07, 6.45) is 8.03. The number of fused-ring (bicyclic) bond motifs is 2. The smallest absolute Gasteiger partial charge is 0.275 e. The van der Waals surface area contributed by atoms with Gasteiger partial charge < -0.3 is 71.4 Å². The average Bonchev–Trinajstić information content (AvgIpc) is 4.12. The van der Waals surface area contributed by atoms with Crippen LogP contribution in [0.2, 0.25) is 0 Å². The second-order valence-electron chi connectivity index (χ2n) is 16.9. The maximum atomic E-state index is 13.0. The van der Waals surface area contributed by atoms with Crippen molar-refractivity contribution in [1.82, 2.24) is 55.8 Å². The molecule has 416 valence electrons. The number of ether oxygens (including phenoxy) is 6. The Hall–Kier alpha value is -8.63. The summed E-state index contributed by atoms with van der Waals surface area (Å²) < 4.78 is 35.6. The van der Waals surface area contributed by atoms with E-state index in [0.29, 0.717) is 79.5 Å². The number of anilines is 2. The van der Waals surface area contributed by atoms with Gasteiger partial charge in [-0.3, -0.25) is 33.6 Å². The molecule has 4 aromatic heterocycles. The molecule has 0 aliphatic carbocycles. The summed E-state index contributed by atoms with van der Waals surface area (Å²) in [6.45, 7) is 1.57. The predicted octanol–water partition coefficient (Wildman–Crippen LogP) is 0.756. The summed E-state index contributed by atoms with van der Waals surface area (Å²) in [6, 6.07) is 15.3. The first-order valence-corrected chi connectivity index (χ1v) is 25.0. The van der Waals surface area contributed by atoms with Crippen LogP contribution in [0.15, 0.2) is 85.5 Å². The fourth-order valence-corrected chi connectivity index (χ4v) is 7.32. The van der Waals surface area contributed by atoms with E-state index in [2.05, 4.69) is 57.4 Å². The van der Waals surface area contributed by atoms with E-state index >= 15 is 0 Å². The number of nitrogens with two attached hydrogens (primary N) is 1. The highest BCUT2D eigenvalue weighted by Gasteiger charge is 2.22. The van der Waals surface area contributed by atoms with Crippen molar-refractivity contribution in [2.24, 2.45) is 5.73 Å². The van der Waals surface area contributed by atoms with E-state index in [1.54, 1.807) is 60.9 Å². The van der Waals surface area contributed by atoms with E-state index < -0.39 is 35.6 Å². The fourth-order valence-electron chi connectivity index (χ4n) is 7.32. The van der Waals surface area contributed by atoms with Crippen LogP contribution < -0.4 is 52.4 Å². The number of methoxy groups -OCH3 is 2. The minimum Gasteiger partial charge on any atom is -0.496 e. The molecule has 0 aliphatic rings. The number of hydrogen-bond acceptors (Lipinski definition) is 18. The number of aromatic nitrogens is 6. The molecule has 0 saturated heterocycles. The normalized spacial score (nSPS) is 11.4. The van der Waals surface area contributed by atoms with Gasteiger partial charge in [0.1, 0.15) is 42.1 Å². The number of amides is 7. The van der Waals surface area contributed by atoms with Gasteiger partial charge in [0.15, 0.2) is 11.3 Å². The summed E-state index contributed by atoms with van der Waals surface area (Å²) >= 11 is 0. The second kappa shape index (κ2) is 31.4. The van der Waals surface area contributed by atoms with E-state index in [0.717, 1.165) is 0 Å². The molecule has 0 spiro atoms. The lowest BCUT2D eigenvalue weighted by Gasteiger charge is -2.18. The number of benzene rings is 2. The zero-order valence-corrected chi connectivity index (χ0v) is 43.2. The number of nitrogens with zero attached hydrogens (tertiary/aromatic N) is 6. The van der Waals surface area contributed by atoms with Crippen molar-refractivity contribution < 1.29 is 62.0 Å². The van der Waals surface area contributed by atoms with Crippen LogP contribution >= 0.6 is 0 Å². The number of rotatable bonds is 34. The number of nitrogens with one attached hydrogen (secondary N) is 7. The second-order valence-corrected chi connectivity index (χ2v) is 16.9. The molecule has 4 heterocycles. The Labute approximate surface area is 448 Å². The predicted molar refractivity (Wildman–Crippen MR) is 281 cm³/mol. The van der Waals surface area contributed by atoms with Crippen LogP contribution in [0.25, 0.3) is 11.3 Å². The molecule has 7 amide bonds. The number of carbonyl (C=O) groups is 7. The summed E-state index contributed by atoms with van der Waals surface area (Å²) in [5, 5.41) is 27.4. The van der Waals surface area contributed by atoms with Crippen molar-refractivity contribution in [3.8, 4) is 11.5 Å². The highest BCUT2D eigenvalue weighted by atomic mass is 16.5. The molecule has 6 rings (SSSR count). The Kier molecular flexibility index (Phi) is 23.6. The van der Waals surface area contributed by atoms with Gasteiger partial charge in [-0.1, -0.05) is 0 Å². The van der Waals surface area contributed by atoms with Crippen LogP contribution in [0.1, 0.15) is 67.4 Å². The molecule has 0 radical (unpaired) electrons. The number of hydrogen-bond donors (Lipinski definition) is 8. The molecule has 1 atom stereocenters. The molecule has 6 aromatic rings. The van der Waals surface area contributed by atoms with E-state index in [1.165, 1.54) is 47.8 Å². The monoisotopic (exact) mass is 1080 g/mol. The van der Waals surface area contributed by atoms with Crippen molar-refractivity contribution >= 4 is 64.0 Å². The van der Waals surface area contributed by atoms with Crippen LogP contribution in [-0.2, 0) is 33.3 Å². The quantitative estimate of drug-likeness (QED) is 0.0259. The van der Waals surface area contributed by atoms with Crippen LogP contribution in [0.4, 0.5) is 11.4 Å². The minimum atomic E-state index is -0.849. The molecular formula is C51H64N14O13. The Bertz CT molecular complexity index is 2900. The summed E-state index contributed by atoms with van der Waals surface area (Å²) in [5.41, 5.74) is 7.99. The number of carbonyl (C=O) groups excluding carboxylic acids is 7. The van der Waals surface area contributed by atoms with Gasteiger partial charge in [0, 0.05) is 49.9 Å². The molecule has 9 N–H and O–H groups in total. The minimum absolute atomic E-state index is 0.0620. The molecule has 0 bridgehead atoms. The third-order valence-corrected chi connectivity index (χ3v) is 11.2. The Balaban J connectivity index is 0.788. The largest absolute Gasteiger partial charge is 0.496 e. The Morgan fingerprint density at radius 2 is 1.05 bits per heavy atom. The van der Waals surface area contributed by atoms with Crippen molar-refractivity contribution in [2.75, 3.05) is 110 Å². The van der Waals surface area contributed by atoms with Gasteiger partial charge in [0.25, 0.3) is 23.6 Å². The molecule has 0 fully saturated rings. The highest BCUT2D eigenvalue weighted by molar-refractivity contribution is 6.06. The number of imidazole rings is 2. The molecule has 0 aliphatic heterocycles. The standard InChI is InChI=1S/C51H64N14O13/c1-73-41-13-11-34(59-50(71)39-30-64-43(61-39)9-5-18-57-64)28-36(41)47(68)55-20-22-75-24-26-77-32-45(66)53-16-4-3-8-38(49(70)54-17-7-15-52)63-46(67)33-78-27-25-76-23-21-56-48(69)37-29-35(12-14-42(37)74-2)60-51(72)40-31-65-44(62-40)10-6-19-58-65/h5-6,9-14,18-19,28-31,38H,3-4,7-8,15-17,20-27,32-33,52H2,1-2H3,(H,53,66)(H,54,70)(H,55,68)(H,56,69)(H,59,71)(H,60,72)(H,63,67)/t38-/m0/s1. The summed E-state index contributed by atoms with van der Waals surface area (Å²) in [7, 11) is 2.86. The molecular weight excluding hydrogens is 1020 g/mol. The first kappa shape index (κ1) is 58.6. The maximum absolute atomic E-state index is 13.0. The third-order valence-electron chi connectivity index (χ3n) is 11.2. The molecule has 27 nitrogen and oxygen atoms in total. The highest BCUT2D eigenvalue weighted by Crippen LogP contribution is 2.25. The number of unbranched alkanes of at least 4 members (excludes halogenated alkanes) is 1. The summed E-state index contributed by atoms with van der Waals surface area (Å²) in [5.74, 6) is -2.48. The van der Waals surface area contributed by atoms with Crippen molar-refractivity contribution in [3.63, 3.8) is 0 Å². The van der Waals surface area contributed by atoms with E-state index in [-0.39, 0.29) is 100 Å². The van der Waals surface area contributed by atoms with Crippen LogP contribution in [-0.4, -0.2) is 176 Å². The van der Waals surface area contributed by atoms with Crippen LogP contribution in [0.5, 0.6) is 11.5 Å². The van der Waals surface area contributed by atoms with E-state index in [1.807, 2.05) is 0 Å². The first-order chi connectivity index (χ1) is 38.0. The van der Waals surface area contributed by atoms with Crippen LogP contribution in [0, 0.1) is 0 Å². The van der Waals surface area contributed by atoms with E-state index in [9.17, 15) is 33.6 Å². The van der Waals surface area contributed by atoms with Crippen molar-refractivity contribution in [2.45, 2.75) is 31.7 Å². The van der Waals surface area contributed by atoms with Gasteiger partial charge in [0.05, 0.1) is 77.4 Å². The summed E-state index contributed by atoms with van der Waals surface area (Å²) in [4.78, 5) is 98.3. The Morgan fingerprint density at radius 1 is 0.551 bits per heavy atom. The van der Waals surface area contributed by atoms with Crippen molar-refractivity contribution in [3.05, 3.63) is 108 Å². The van der Waals surface area contributed by atoms with Gasteiger partial charge in [-0.25, -0.2) is 19.0 Å². The van der Waals surface area contributed by atoms with Gasteiger partial charge >= 0.3 is 0 Å². The van der Waals surface area contributed by atoms with E-state index in [4.69, 9.17) is 34.2 Å². The van der Waals surface area contributed by atoms with Crippen LogP contribution in [0.3, 0.4) is 0 Å². The average molecular weight is 1080 g/mol. The fraction of sp³-hybridized carbons (Fsp3) is 0.392. The van der Waals surface area contributed by atoms with Gasteiger partial charge in [0.2, 0.25) is 17.7 Å². The van der Waals surface area contributed by atoms with Gasteiger partial charge in [-0.2, -0.15) is 10.2 Å². The van der Waals surface area contributed by atoms with Gasteiger partial charge in [-0.15, -0.1) is 0 Å². The molecule has 0 unspecified atom stereocenters. The third kappa shape index (κ3) is 18.6. The lowest BCUT2D eigenvalue weighted by Crippen LogP contribution is -2.48. The zero-order chi connectivity index (χ0) is 55.5. The molecule has 0 saturated carbocycles. The molecule has 2 aromatic carbocycles. The molecule has 78 heavy (non-hydrogen) atoms. The lowest BCUT2D eigenvalue weighted by molar-refractivity contribution is -0.132. The SMILES string of the molecule is COc1ccc(NC(=O)c2cn3ncccc3n2)cc1C(=O)NCCOCCOCC(=O)NCCCC[C@H](NC(=O)COCCOCCNC(=O)c1cc(NC(=O)c2cn3ncccc3n2)ccc1OC)C(=O)NCCCN. The van der Waals surface area contributed by atoms with Crippen molar-refractivity contribution in [1.29, 1.82) is 0 Å². The first-order valence-electron chi connectivity index (χ1n) is 25.0. The lowest BCUT2D eigenvalue weighted by atomic mass is 10.1. The topological polar surface area (TPSA) is 345 Å². The Morgan fingerprint density at radius 3 is 1.55 bits per heavy atom.